The second-order valence-electron chi connectivity index (χ2n) is 5.19. The molecule has 0 spiro atoms. The van der Waals surface area contributed by atoms with Gasteiger partial charge in [-0.1, -0.05) is 23.8 Å². The molecule has 0 aliphatic heterocycles. The summed E-state index contributed by atoms with van der Waals surface area (Å²) in [4.78, 5) is 8.96. The standard InChI is InChI=1S/C16H21N3/c1-11-4-6-14(12(2)10-11)15-8-9-18-16(19-15)7-5-13(3)17/h4,6,8-10,13H,5,7,17H2,1-3H3. The zero-order valence-corrected chi connectivity index (χ0v) is 11.9. The smallest absolute Gasteiger partial charge is 0.129 e. The zero-order chi connectivity index (χ0) is 13.8. The van der Waals surface area contributed by atoms with E-state index in [1.54, 1.807) is 0 Å². The maximum absolute atomic E-state index is 5.77. The molecule has 0 aliphatic rings. The van der Waals surface area contributed by atoms with Gasteiger partial charge in [0.05, 0.1) is 5.69 Å². The van der Waals surface area contributed by atoms with Crippen LogP contribution in [0, 0.1) is 13.8 Å². The molecule has 2 aromatic rings. The van der Waals surface area contributed by atoms with Crippen molar-refractivity contribution in [3.8, 4) is 11.3 Å². The molecule has 2 N–H and O–H groups in total. The first kappa shape index (κ1) is 13.7. The van der Waals surface area contributed by atoms with Gasteiger partial charge in [0.25, 0.3) is 0 Å². The number of hydrogen-bond donors (Lipinski definition) is 1. The average molecular weight is 255 g/mol. The van der Waals surface area contributed by atoms with E-state index in [2.05, 4.69) is 42.0 Å². The second-order valence-corrected chi connectivity index (χ2v) is 5.19. The van der Waals surface area contributed by atoms with Crippen LogP contribution in [0.5, 0.6) is 0 Å². The quantitative estimate of drug-likeness (QED) is 0.913. The molecule has 0 aliphatic carbocycles. The first-order valence-corrected chi connectivity index (χ1v) is 6.71. The number of benzene rings is 1. The molecule has 19 heavy (non-hydrogen) atoms. The molecule has 100 valence electrons. The number of rotatable bonds is 4. The third-order valence-electron chi connectivity index (χ3n) is 3.19. The summed E-state index contributed by atoms with van der Waals surface area (Å²) in [6.45, 7) is 6.23. The monoisotopic (exact) mass is 255 g/mol. The molecule has 2 rings (SSSR count). The Morgan fingerprint density at radius 3 is 2.68 bits per heavy atom. The number of aryl methyl sites for hydroxylation is 3. The molecular formula is C16H21N3. The van der Waals surface area contributed by atoms with E-state index >= 15 is 0 Å². The molecule has 1 atom stereocenters. The lowest BCUT2D eigenvalue weighted by molar-refractivity contribution is 0.648. The number of aromatic nitrogens is 2. The van der Waals surface area contributed by atoms with E-state index in [-0.39, 0.29) is 6.04 Å². The Labute approximate surface area is 114 Å². The van der Waals surface area contributed by atoms with E-state index in [0.29, 0.717) is 0 Å². The highest BCUT2D eigenvalue weighted by Gasteiger charge is 2.06. The maximum Gasteiger partial charge on any atom is 0.129 e. The summed E-state index contributed by atoms with van der Waals surface area (Å²) < 4.78 is 0. The van der Waals surface area contributed by atoms with E-state index in [9.17, 15) is 0 Å². The molecule has 0 fully saturated rings. The van der Waals surface area contributed by atoms with Gasteiger partial charge in [-0.25, -0.2) is 9.97 Å². The fourth-order valence-corrected chi connectivity index (χ4v) is 2.13. The Hall–Kier alpha value is -1.74. The third kappa shape index (κ3) is 3.61. The SMILES string of the molecule is Cc1ccc(-c2ccnc(CCC(C)N)n2)c(C)c1. The summed E-state index contributed by atoms with van der Waals surface area (Å²) in [6.07, 6.45) is 3.57. The van der Waals surface area contributed by atoms with Gasteiger partial charge in [0.1, 0.15) is 5.82 Å². The fourth-order valence-electron chi connectivity index (χ4n) is 2.13. The van der Waals surface area contributed by atoms with Gasteiger partial charge in [0.15, 0.2) is 0 Å². The molecule has 3 nitrogen and oxygen atoms in total. The van der Waals surface area contributed by atoms with Gasteiger partial charge in [-0.05, 0) is 38.8 Å². The summed E-state index contributed by atoms with van der Waals surface area (Å²) in [5.74, 6) is 0.870. The molecule has 1 aromatic carbocycles. The van der Waals surface area contributed by atoms with Crippen LogP contribution in [0.1, 0.15) is 30.3 Å². The predicted octanol–water partition coefficient (Wildman–Crippen LogP) is 3.04. The minimum absolute atomic E-state index is 0.188. The molecule has 1 aromatic heterocycles. The highest BCUT2D eigenvalue weighted by atomic mass is 14.9. The minimum Gasteiger partial charge on any atom is -0.328 e. The van der Waals surface area contributed by atoms with Crippen molar-refractivity contribution in [2.45, 2.75) is 39.7 Å². The molecule has 3 heteroatoms. The van der Waals surface area contributed by atoms with Gasteiger partial charge in [-0.15, -0.1) is 0 Å². The van der Waals surface area contributed by atoms with Crippen molar-refractivity contribution < 1.29 is 0 Å². The molecular weight excluding hydrogens is 234 g/mol. The average Bonchev–Trinajstić information content (AvgIpc) is 2.36. The van der Waals surface area contributed by atoms with E-state index in [1.807, 2.05) is 19.2 Å². The van der Waals surface area contributed by atoms with Crippen molar-refractivity contribution in [2.24, 2.45) is 5.73 Å². The Kier molecular flexibility index (Phi) is 4.27. The molecule has 0 saturated heterocycles. The van der Waals surface area contributed by atoms with Crippen molar-refractivity contribution in [1.29, 1.82) is 0 Å². The lowest BCUT2D eigenvalue weighted by atomic mass is 10.0. The Morgan fingerprint density at radius 1 is 1.21 bits per heavy atom. The summed E-state index contributed by atoms with van der Waals surface area (Å²) in [5.41, 5.74) is 10.5. The lowest BCUT2D eigenvalue weighted by Crippen LogP contribution is -2.16. The van der Waals surface area contributed by atoms with Crippen LogP contribution < -0.4 is 5.73 Å². The first-order valence-electron chi connectivity index (χ1n) is 6.71. The van der Waals surface area contributed by atoms with E-state index in [0.717, 1.165) is 24.4 Å². The van der Waals surface area contributed by atoms with Crippen LogP contribution >= 0.6 is 0 Å². The van der Waals surface area contributed by atoms with E-state index in [1.165, 1.54) is 16.7 Å². The summed E-state index contributed by atoms with van der Waals surface area (Å²) in [7, 11) is 0. The zero-order valence-electron chi connectivity index (χ0n) is 11.9. The van der Waals surface area contributed by atoms with Gasteiger partial charge in [0.2, 0.25) is 0 Å². The van der Waals surface area contributed by atoms with Crippen LogP contribution in [0.3, 0.4) is 0 Å². The topological polar surface area (TPSA) is 51.8 Å². The van der Waals surface area contributed by atoms with Crippen LogP contribution in [0.4, 0.5) is 0 Å². The van der Waals surface area contributed by atoms with Crippen molar-refractivity contribution in [1.82, 2.24) is 9.97 Å². The van der Waals surface area contributed by atoms with Crippen LogP contribution in [0.15, 0.2) is 30.5 Å². The van der Waals surface area contributed by atoms with Crippen molar-refractivity contribution >= 4 is 0 Å². The van der Waals surface area contributed by atoms with Crippen LogP contribution in [0.2, 0.25) is 0 Å². The number of nitrogens with two attached hydrogens (primary N) is 1. The summed E-state index contributed by atoms with van der Waals surface area (Å²) >= 11 is 0. The minimum atomic E-state index is 0.188. The first-order chi connectivity index (χ1) is 9.06. The molecule has 1 unspecified atom stereocenters. The number of nitrogens with zero attached hydrogens (tertiary/aromatic N) is 2. The van der Waals surface area contributed by atoms with Crippen LogP contribution in [0.25, 0.3) is 11.3 Å². The van der Waals surface area contributed by atoms with Crippen molar-refractivity contribution in [3.05, 3.63) is 47.4 Å². The number of hydrogen-bond acceptors (Lipinski definition) is 3. The van der Waals surface area contributed by atoms with Crippen molar-refractivity contribution in [2.75, 3.05) is 0 Å². The molecule has 0 radical (unpaired) electrons. The second kappa shape index (κ2) is 5.93. The highest BCUT2D eigenvalue weighted by Crippen LogP contribution is 2.22. The van der Waals surface area contributed by atoms with Gasteiger partial charge < -0.3 is 5.73 Å². The van der Waals surface area contributed by atoms with Gasteiger partial charge in [0, 0.05) is 24.2 Å². The largest absolute Gasteiger partial charge is 0.328 e. The Morgan fingerprint density at radius 2 is 2.00 bits per heavy atom. The van der Waals surface area contributed by atoms with E-state index < -0.39 is 0 Å². The molecule has 0 saturated carbocycles. The Balaban J connectivity index is 2.27. The van der Waals surface area contributed by atoms with Gasteiger partial charge in [-0.2, -0.15) is 0 Å². The fraction of sp³-hybridized carbons (Fsp3) is 0.375. The lowest BCUT2D eigenvalue weighted by Gasteiger charge is -2.08. The predicted molar refractivity (Wildman–Crippen MR) is 78.9 cm³/mol. The molecule has 1 heterocycles. The van der Waals surface area contributed by atoms with Crippen molar-refractivity contribution in [3.63, 3.8) is 0 Å². The Bertz CT molecular complexity index is 562. The summed E-state index contributed by atoms with van der Waals surface area (Å²) in [5, 5.41) is 0. The van der Waals surface area contributed by atoms with Crippen LogP contribution in [-0.2, 0) is 6.42 Å². The van der Waals surface area contributed by atoms with Gasteiger partial charge in [-0.3, -0.25) is 0 Å². The maximum atomic E-state index is 5.77. The summed E-state index contributed by atoms with van der Waals surface area (Å²) in [6, 6.07) is 8.58. The molecule has 0 bridgehead atoms. The third-order valence-corrected chi connectivity index (χ3v) is 3.19. The molecule has 0 amide bonds. The normalized spacial score (nSPS) is 12.4. The van der Waals surface area contributed by atoms with E-state index in [4.69, 9.17) is 5.73 Å². The van der Waals surface area contributed by atoms with Gasteiger partial charge >= 0.3 is 0 Å². The highest BCUT2D eigenvalue weighted by molar-refractivity contribution is 5.63. The van der Waals surface area contributed by atoms with Crippen LogP contribution in [-0.4, -0.2) is 16.0 Å².